The van der Waals surface area contributed by atoms with E-state index in [1.54, 1.807) is 11.3 Å². The molecule has 1 fully saturated rings. The summed E-state index contributed by atoms with van der Waals surface area (Å²) in [7, 11) is 0. The van der Waals surface area contributed by atoms with Crippen molar-refractivity contribution in [2.24, 2.45) is 5.73 Å². The molecule has 0 aromatic carbocycles. The Morgan fingerprint density at radius 2 is 2.53 bits per heavy atom. The van der Waals surface area contributed by atoms with Crippen LogP contribution in [0.25, 0.3) is 0 Å². The maximum Gasteiger partial charge on any atom is 0.249 e. The highest BCUT2D eigenvalue weighted by atomic mass is 32.1. The monoisotopic (exact) mass is 254 g/mol. The Balaban J connectivity index is 1.85. The summed E-state index contributed by atoms with van der Waals surface area (Å²) in [4.78, 5) is 13.1. The van der Waals surface area contributed by atoms with Gasteiger partial charge in [-0.1, -0.05) is 6.07 Å². The number of rotatable bonds is 4. The van der Waals surface area contributed by atoms with Gasteiger partial charge in [0.25, 0.3) is 0 Å². The van der Waals surface area contributed by atoms with Gasteiger partial charge in [-0.05, 0) is 31.2 Å². The van der Waals surface area contributed by atoms with Gasteiger partial charge in [0.15, 0.2) is 0 Å². The smallest absolute Gasteiger partial charge is 0.249 e. The third-order valence-electron chi connectivity index (χ3n) is 2.99. The van der Waals surface area contributed by atoms with E-state index in [1.165, 1.54) is 0 Å². The largest absolute Gasteiger partial charge is 0.364 e. The molecule has 3 N–H and O–H groups in total. The van der Waals surface area contributed by atoms with Crippen LogP contribution in [0.1, 0.15) is 30.7 Å². The summed E-state index contributed by atoms with van der Waals surface area (Å²) in [6.07, 6.45) is 1.36. The summed E-state index contributed by atoms with van der Waals surface area (Å²) in [6, 6.07) is 4.05. The lowest BCUT2D eigenvalue weighted by molar-refractivity contribution is -0.132. The molecule has 4 nitrogen and oxygen atoms in total. The van der Waals surface area contributed by atoms with Gasteiger partial charge >= 0.3 is 0 Å². The van der Waals surface area contributed by atoms with Crippen LogP contribution in [0.15, 0.2) is 17.5 Å². The fourth-order valence-electron chi connectivity index (χ4n) is 1.99. The summed E-state index contributed by atoms with van der Waals surface area (Å²) in [5, 5.41) is 4.98. The molecule has 2 heterocycles. The number of amides is 1. The van der Waals surface area contributed by atoms with E-state index in [-0.39, 0.29) is 24.2 Å². The van der Waals surface area contributed by atoms with Crippen LogP contribution in [0.2, 0.25) is 0 Å². The summed E-state index contributed by atoms with van der Waals surface area (Å²) in [5.74, 6) is -0.0261. The van der Waals surface area contributed by atoms with Crippen molar-refractivity contribution in [2.45, 2.75) is 38.0 Å². The van der Waals surface area contributed by atoms with E-state index in [4.69, 9.17) is 10.5 Å². The van der Waals surface area contributed by atoms with E-state index in [0.717, 1.165) is 17.7 Å². The molecule has 1 aromatic heterocycles. The van der Waals surface area contributed by atoms with Gasteiger partial charge in [-0.25, -0.2) is 0 Å². The highest BCUT2D eigenvalue weighted by Gasteiger charge is 2.30. The molecule has 5 heteroatoms. The number of carbonyl (C=O) groups excluding carboxylic acids is 1. The highest BCUT2D eigenvalue weighted by molar-refractivity contribution is 7.10. The Morgan fingerprint density at radius 3 is 3.12 bits per heavy atom. The zero-order valence-electron chi connectivity index (χ0n) is 9.89. The van der Waals surface area contributed by atoms with Crippen molar-refractivity contribution < 1.29 is 9.53 Å². The van der Waals surface area contributed by atoms with Gasteiger partial charge in [0, 0.05) is 11.4 Å². The molecule has 0 spiro atoms. The van der Waals surface area contributed by atoms with Gasteiger partial charge < -0.3 is 15.8 Å². The molecule has 1 unspecified atom stereocenters. The lowest BCUT2D eigenvalue weighted by atomic mass is 10.2. The maximum atomic E-state index is 11.9. The standard InChI is InChI=1S/C12H18N2O2S/c1-8(11-3-2-6-17-11)14-12(15)10-5-4-9(7-13)16-10/h2-3,6,8-10H,4-5,7,13H2,1H3,(H,14,15)/t8?,9-,10+/m1/s1. The molecule has 0 aliphatic carbocycles. The van der Waals surface area contributed by atoms with Crippen LogP contribution in [0.4, 0.5) is 0 Å². The van der Waals surface area contributed by atoms with Crippen LogP contribution in [-0.4, -0.2) is 24.7 Å². The normalized spacial score (nSPS) is 25.8. The van der Waals surface area contributed by atoms with Crippen molar-refractivity contribution in [1.82, 2.24) is 5.32 Å². The molecule has 1 amide bonds. The van der Waals surface area contributed by atoms with Crippen molar-refractivity contribution in [1.29, 1.82) is 0 Å². The van der Waals surface area contributed by atoms with Crippen LogP contribution in [0.3, 0.4) is 0 Å². The minimum absolute atomic E-state index is 0.0261. The van der Waals surface area contributed by atoms with Crippen molar-refractivity contribution in [3.63, 3.8) is 0 Å². The lowest BCUT2D eigenvalue weighted by Crippen LogP contribution is -2.36. The zero-order chi connectivity index (χ0) is 12.3. The first kappa shape index (κ1) is 12.5. The second-order valence-corrected chi connectivity index (χ2v) is 5.28. The fraction of sp³-hybridized carbons (Fsp3) is 0.583. The molecular formula is C12H18N2O2S. The summed E-state index contributed by atoms with van der Waals surface area (Å²) >= 11 is 1.65. The molecule has 0 radical (unpaired) electrons. The lowest BCUT2D eigenvalue weighted by Gasteiger charge is -2.16. The van der Waals surface area contributed by atoms with E-state index in [2.05, 4.69) is 5.32 Å². The molecular weight excluding hydrogens is 236 g/mol. The summed E-state index contributed by atoms with van der Waals surface area (Å²) < 4.78 is 5.56. The minimum Gasteiger partial charge on any atom is -0.364 e. The van der Waals surface area contributed by atoms with Crippen molar-refractivity contribution in [3.05, 3.63) is 22.4 Å². The van der Waals surface area contributed by atoms with Gasteiger partial charge in [-0.15, -0.1) is 11.3 Å². The van der Waals surface area contributed by atoms with Crippen LogP contribution in [-0.2, 0) is 9.53 Å². The topological polar surface area (TPSA) is 64.4 Å². The number of hydrogen-bond acceptors (Lipinski definition) is 4. The number of nitrogens with one attached hydrogen (secondary N) is 1. The van der Waals surface area contributed by atoms with Crippen LogP contribution < -0.4 is 11.1 Å². The molecule has 1 aromatic rings. The Labute approximate surface area is 105 Å². The van der Waals surface area contributed by atoms with E-state index < -0.39 is 0 Å². The molecule has 1 aliphatic rings. The maximum absolute atomic E-state index is 11.9. The molecule has 1 saturated heterocycles. The van der Waals surface area contributed by atoms with E-state index >= 15 is 0 Å². The van der Waals surface area contributed by atoms with Crippen LogP contribution in [0, 0.1) is 0 Å². The molecule has 1 aliphatic heterocycles. The summed E-state index contributed by atoms with van der Waals surface area (Å²) in [6.45, 7) is 2.48. The number of hydrogen-bond donors (Lipinski definition) is 2. The first-order valence-corrected chi connectivity index (χ1v) is 6.78. The quantitative estimate of drug-likeness (QED) is 0.854. The van der Waals surface area contributed by atoms with Gasteiger partial charge in [-0.2, -0.15) is 0 Å². The average molecular weight is 254 g/mol. The number of thiophene rings is 1. The molecule has 17 heavy (non-hydrogen) atoms. The first-order valence-electron chi connectivity index (χ1n) is 5.90. The number of carbonyl (C=O) groups is 1. The Morgan fingerprint density at radius 1 is 1.71 bits per heavy atom. The van der Waals surface area contributed by atoms with Gasteiger partial charge in [0.1, 0.15) is 6.10 Å². The predicted molar refractivity (Wildman–Crippen MR) is 67.8 cm³/mol. The third-order valence-corrected chi connectivity index (χ3v) is 4.05. The first-order chi connectivity index (χ1) is 8.20. The Kier molecular flexibility index (Phi) is 4.15. The summed E-state index contributed by atoms with van der Waals surface area (Å²) in [5.41, 5.74) is 5.52. The molecule has 3 atom stereocenters. The second-order valence-electron chi connectivity index (χ2n) is 4.31. The molecule has 94 valence electrons. The zero-order valence-corrected chi connectivity index (χ0v) is 10.7. The van der Waals surface area contributed by atoms with Gasteiger partial charge in [0.2, 0.25) is 5.91 Å². The van der Waals surface area contributed by atoms with Crippen molar-refractivity contribution >= 4 is 17.2 Å². The van der Waals surface area contributed by atoms with Crippen molar-refractivity contribution in [2.75, 3.05) is 6.54 Å². The molecule has 0 bridgehead atoms. The third kappa shape index (κ3) is 3.06. The van der Waals surface area contributed by atoms with E-state index in [0.29, 0.717) is 6.54 Å². The number of ether oxygens (including phenoxy) is 1. The Bertz CT molecular complexity index is 367. The van der Waals surface area contributed by atoms with Crippen molar-refractivity contribution in [3.8, 4) is 0 Å². The van der Waals surface area contributed by atoms with Gasteiger partial charge in [-0.3, -0.25) is 4.79 Å². The molecule has 0 saturated carbocycles. The average Bonchev–Trinajstić information content (AvgIpc) is 3.00. The molecule has 2 rings (SSSR count). The van der Waals surface area contributed by atoms with E-state index in [1.807, 2.05) is 24.4 Å². The fourth-order valence-corrected chi connectivity index (χ4v) is 2.72. The number of nitrogens with two attached hydrogens (primary N) is 1. The van der Waals surface area contributed by atoms with Crippen LogP contribution in [0.5, 0.6) is 0 Å². The van der Waals surface area contributed by atoms with Crippen LogP contribution >= 0.6 is 11.3 Å². The predicted octanol–water partition coefficient (Wildman–Crippen LogP) is 1.43. The highest BCUT2D eigenvalue weighted by Crippen LogP contribution is 2.22. The second kappa shape index (κ2) is 5.62. The minimum atomic E-state index is -0.328. The Hall–Kier alpha value is -0.910. The SMILES string of the molecule is CC(NC(=O)[C@@H]1CC[C@H](CN)O1)c1cccs1. The van der Waals surface area contributed by atoms with E-state index in [9.17, 15) is 4.79 Å². The van der Waals surface area contributed by atoms with Gasteiger partial charge in [0.05, 0.1) is 12.1 Å².